The molecule has 4 nitrogen and oxygen atoms in total. The SMILES string of the molecule is Cc1cccc(CNC(=O)c2ccnc(NCc3ccc(Cl)cc3)c2)c1. The average molecular weight is 366 g/mol. The Hall–Kier alpha value is -2.85. The van der Waals surface area contributed by atoms with Crippen molar-refractivity contribution in [1.29, 1.82) is 0 Å². The average Bonchev–Trinajstić information content (AvgIpc) is 2.66. The molecule has 1 amide bonds. The van der Waals surface area contributed by atoms with Crippen LogP contribution in [0.4, 0.5) is 5.82 Å². The fourth-order valence-electron chi connectivity index (χ4n) is 2.57. The minimum Gasteiger partial charge on any atom is -0.366 e. The number of aromatic nitrogens is 1. The molecule has 0 fully saturated rings. The fourth-order valence-corrected chi connectivity index (χ4v) is 2.70. The molecule has 0 saturated carbocycles. The Kier molecular flexibility index (Phi) is 5.87. The van der Waals surface area contributed by atoms with Crippen LogP contribution in [0, 0.1) is 6.92 Å². The van der Waals surface area contributed by atoms with Gasteiger partial charge in [0.05, 0.1) is 0 Å². The van der Waals surface area contributed by atoms with Gasteiger partial charge in [-0.1, -0.05) is 53.6 Å². The number of pyridine rings is 1. The van der Waals surface area contributed by atoms with Crippen LogP contribution >= 0.6 is 11.6 Å². The van der Waals surface area contributed by atoms with E-state index in [1.54, 1.807) is 18.3 Å². The summed E-state index contributed by atoms with van der Waals surface area (Å²) in [6, 6.07) is 19.1. The number of hydrogen-bond donors (Lipinski definition) is 2. The second-order valence-corrected chi connectivity index (χ2v) is 6.52. The molecule has 3 aromatic rings. The van der Waals surface area contributed by atoms with Crippen LogP contribution in [0.15, 0.2) is 66.9 Å². The number of nitrogens with zero attached hydrogens (tertiary/aromatic N) is 1. The lowest BCUT2D eigenvalue weighted by molar-refractivity contribution is 0.0951. The first-order chi connectivity index (χ1) is 12.6. The first-order valence-electron chi connectivity index (χ1n) is 8.38. The molecule has 0 radical (unpaired) electrons. The predicted octanol–water partition coefficient (Wildman–Crippen LogP) is 4.59. The summed E-state index contributed by atoms with van der Waals surface area (Å²) in [5, 5.41) is 6.87. The highest BCUT2D eigenvalue weighted by Crippen LogP contribution is 2.12. The second kappa shape index (κ2) is 8.50. The van der Waals surface area contributed by atoms with Crippen molar-refractivity contribution in [2.45, 2.75) is 20.0 Å². The maximum absolute atomic E-state index is 12.4. The summed E-state index contributed by atoms with van der Waals surface area (Å²) < 4.78 is 0. The summed E-state index contributed by atoms with van der Waals surface area (Å²) in [7, 11) is 0. The first-order valence-corrected chi connectivity index (χ1v) is 8.76. The van der Waals surface area contributed by atoms with Gasteiger partial charge in [-0.2, -0.15) is 0 Å². The van der Waals surface area contributed by atoms with Crippen LogP contribution in [0.3, 0.4) is 0 Å². The number of carbonyl (C=O) groups excluding carboxylic acids is 1. The van der Waals surface area contributed by atoms with Gasteiger partial charge in [-0.25, -0.2) is 4.98 Å². The van der Waals surface area contributed by atoms with E-state index in [2.05, 4.69) is 21.7 Å². The molecule has 0 aliphatic carbocycles. The van der Waals surface area contributed by atoms with E-state index in [1.807, 2.05) is 49.4 Å². The lowest BCUT2D eigenvalue weighted by Crippen LogP contribution is -2.23. The Morgan fingerprint density at radius 1 is 1.00 bits per heavy atom. The van der Waals surface area contributed by atoms with Crippen molar-refractivity contribution < 1.29 is 4.79 Å². The molecule has 0 unspecified atom stereocenters. The Morgan fingerprint density at radius 2 is 1.81 bits per heavy atom. The highest BCUT2D eigenvalue weighted by Gasteiger charge is 2.07. The van der Waals surface area contributed by atoms with E-state index in [-0.39, 0.29) is 5.91 Å². The smallest absolute Gasteiger partial charge is 0.251 e. The topological polar surface area (TPSA) is 54.0 Å². The first kappa shape index (κ1) is 18.0. The van der Waals surface area contributed by atoms with E-state index in [9.17, 15) is 4.79 Å². The Bertz CT molecular complexity index is 894. The third-order valence-corrected chi connectivity index (χ3v) is 4.20. The van der Waals surface area contributed by atoms with Crippen LogP contribution < -0.4 is 10.6 Å². The van der Waals surface area contributed by atoms with Gasteiger partial charge in [0.1, 0.15) is 5.82 Å². The minimum absolute atomic E-state index is 0.122. The third-order valence-electron chi connectivity index (χ3n) is 3.94. The van der Waals surface area contributed by atoms with Crippen LogP contribution in [0.5, 0.6) is 0 Å². The maximum atomic E-state index is 12.4. The quantitative estimate of drug-likeness (QED) is 0.672. The molecule has 3 rings (SSSR count). The molecular weight excluding hydrogens is 346 g/mol. The summed E-state index contributed by atoms with van der Waals surface area (Å²) in [4.78, 5) is 16.7. The number of hydrogen-bond acceptors (Lipinski definition) is 3. The summed E-state index contributed by atoms with van der Waals surface area (Å²) >= 11 is 5.89. The molecule has 0 spiro atoms. The molecule has 2 aromatic carbocycles. The van der Waals surface area contributed by atoms with Crippen LogP contribution in [0.2, 0.25) is 5.02 Å². The van der Waals surface area contributed by atoms with Crippen molar-refractivity contribution in [2.24, 2.45) is 0 Å². The van der Waals surface area contributed by atoms with Crippen LogP contribution in [-0.2, 0) is 13.1 Å². The van der Waals surface area contributed by atoms with Gasteiger partial charge in [0.2, 0.25) is 0 Å². The molecule has 5 heteroatoms. The zero-order valence-electron chi connectivity index (χ0n) is 14.5. The molecule has 1 heterocycles. The number of halogens is 1. The molecule has 0 saturated heterocycles. The van der Waals surface area contributed by atoms with Gasteiger partial charge < -0.3 is 10.6 Å². The molecule has 132 valence electrons. The lowest BCUT2D eigenvalue weighted by atomic mass is 10.1. The van der Waals surface area contributed by atoms with Gasteiger partial charge in [-0.05, 0) is 42.3 Å². The molecule has 0 aliphatic heterocycles. The van der Waals surface area contributed by atoms with Crippen LogP contribution in [0.25, 0.3) is 0 Å². The zero-order chi connectivity index (χ0) is 18.4. The standard InChI is InChI=1S/C21H20ClN3O/c1-15-3-2-4-17(11-15)14-25-21(26)18-9-10-23-20(12-18)24-13-16-5-7-19(22)8-6-16/h2-12H,13-14H2,1H3,(H,23,24)(H,25,26). The predicted molar refractivity (Wildman–Crippen MR) is 105 cm³/mol. The number of rotatable bonds is 6. The van der Waals surface area contributed by atoms with Gasteiger partial charge >= 0.3 is 0 Å². The number of carbonyl (C=O) groups is 1. The van der Waals surface area contributed by atoms with Gasteiger partial charge in [0.25, 0.3) is 5.91 Å². The van der Waals surface area contributed by atoms with Gasteiger partial charge in [-0.15, -0.1) is 0 Å². The molecular formula is C21H20ClN3O. The van der Waals surface area contributed by atoms with Gasteiger partial charge in [0, 0.05) is 29.9 Å². The van der Waals surface area contributed by atoms with Crippen LogP contribution in [0.1, 0.15) is 27.0 Å². The number of nitrogens with one attached hydrogen (secondary N) is 2. The minimum atomic E-state index is -0.122. The molecule has 0 aliphatic rings. The summed E-state index contributed by atoms with van der Waals surface area (Å²) in [5.41, 5.74) is 3.92. The van der Waals surface area contributed by atoms with E-state index in [0.29, 0.717) is 29.5 Å². The maximum Gasteiger partial charge on any atom is 0.251 e. The largest absolute Gasteiger partial charge is 0.366 e. The highest BCUT2D eigenvalue weighted by molar-refractivity contribution is 6.30. The van der Waals surface area contributed by atoms with E-state index in [1.165, 1.54) is 5.56 Å². The van der Waals surface area contributed by atoms with Crippen molar-refractivity contribution in [3.8, 4) is 0 Å². The van der Waals surface area contributed by atoms with Gasteiger partial charge in [0.15, 0.2) is 0 Å². The summed E-state index contributed by atoms with van der Waals surface area (Å²) in [6.45, 7) is 3.14. The van der Waals surface area contributed by atoms with Crippen LogP contribution in [-0.4, -0.2) is 10.9 Å². The third kappa shape index (κ3) is 5.07. The monoisotopic (exact) mass is 365 g/mol. The second-order valence-electron chi connectivity index (χ2n) is 6.08. The normalized spacial score (nSPS) is 10.4. The van der Waals surface area contributed by atoms with E-state index < -0.39 is 0 Å². The number of anilines is 1. The van der Waals surface area contributed by atoms with Crippen molar-refractivity contribution in [3.05, 3.63) is 94.1 Å². The number of aryl methyl sites for hydroxylation is 1. The van der Waals surface area contributed by atoms with E-state index >= 15 is 0 Å². The van der Waals surface area contributed by atoms with Crippen molar-refractivity contribution in [3.63, 3.8) is 0 Å². The Morgan fingerprint density at radius 3 is 2.58 bits per heavy atom. The summed E-state index contributed by atoms with van der Waals surface area (Å²) in [6.07, 6.45) is 1.63. The van der Waals surface area contributed by atoms with E-state index in [4.69, 9.17) is 11.6 Å². The van der Waals surface area contributed by atoms with Gasteiger partial charge in [-0.3, -0.25) is 4.79 Å². The van der Waals surface area contributed by atoms with Crippen molar-refractivity contribution in [1.82, 2.24) is 10.3 Å². The zero-order valence-corrected chi connectivity index (χ0v) is 15.3. The molecule has 1 aromatic heterocycles. The van der Waals surface area contributed by atoms with E-state index in [0.717, 1.165) is 11.1 Å². The molecule has 0 atom stereocenters. The molecule has 0 bridgehead atoms. The Labute approximate surface area is 158 Å². The highest BCUT2D eigenvalue weighted by atomic mass is 35.5. The van der Waals surface area contributed by atoms with Crippen molar-refractivity contribution >= 4 is 23.3 Å². The lowest BCUT2D eigenvalue weighted by Gasteiger charge is -2.09. The fraction of sp³-hybridized carbons (Fsp3) is 0.143. The Balaban J connectivity index is 1.59. The van der Waals surface area contributed by atoms with Crippen molar-refractivity contribution in [2.75, 3.05) is 5.32 Å². The molecule has 26 heavy (non-hydrogen) atoms. The number of benzene rings is 2. The number of amides is 1. The molecule has 2 N–H and O–H groups in total. The summed E-state index contributed by atoms with van der Waals surface area (Å²) in [5.74, 6) is 0.534.